The molecular weight excluding hydrogens is 126 g/mol. The molecule has 2 aliphatic rings. The first-order valence-corrected chi connectivity index (χ1v) is 4.26. The smallest absolute Gasteiger partial charge is 0.0581 e. The molecule has 2 nitrogen and oxygen atoms in total. The summed E-state index contributed by atoms with van der Waals surface area (Å²) in [4.78, 5) is 2.47. The molecule has 2 aliphatic heterocycles. The van der Waals surface area contributed by atoms with Crippen molar-refractivity contribution in [2.45, 2.75) is 25.4 Å². The summed E-state index contributed by atoms with van der Waals surface area (Å²) >= 11 is 0. The lowest BCUT2D eigenvalue weighted by Gasteiger charge is -2.14. The van der Waals surface area contributed by atoms with Crippen LogP contribution in [0.5, 0.6) is 0 Å². The standard InChI is InChI=1S/C8H15NO/c10-8-2-1-4-9-5-3-7(8)6-9/h7-8,10H,1-6H2. The summed E-state index contributed by atoms with van der Waals surface area (Å²) in [6.45, 7) is 3.59. The van der Waals surface area contributed by atoms with Gasteiger partial charge in [0.2, 0.25) is 0 Å². The van der Waals surface area contributed by atoms with Crippen molar-refractivity contribution >= 4 is 0 Å². The molecule has 0 spiro atoms. The van der Waals surface area contributed by atoms with Crippen molar-refractivity contribution in [3.8, 4) is 0 Å². The third-order valence-electron chi connectivity index (χ3n) is 2.83. The van der Waals surface area contributed by atoms with E-state index in [1.165, 1.54) is 25.9 Å². The summed E-state index contributed by atoms with van der Waals surface area (Å²) in [6.07, 6.45) is 3.45. The van der Waals surface area contributed by atoms with E-state index in [1.54, 1.807) is 0 Å². The number of hydrogen-bond acceptors (Lipinski definition) is 2. The van der Waals surface area contributed by atoms with Crippen molar-refractivity contribution in [1.29, 1.82) is 0 Å². The Morgan fingerprint density at radius 2 is 2.10 bits per heavy atom. The Labute approximate surface area is 61.8 Å². The van der Waals surface area contributed by atoms with Crippen LogP contribution < -0.4 is 0 Å². The fourth-order valence-electron chi connectivity index (χ4n) is 2.14. The average Bonchev–Trinajstić information content (AvgIpc) is 2.27. The number of rotatable bonds is 0. The molecule has 0 aromatic carbocycles. The molecule has 3 atom stereocenters. The van der Waals surface area contributed by atoms with Gasteiger partial charge in [-0.05, 0) is 38.3 Å². The Kier molecular flexibility index (Phi) is 1.66. The van der Waals surface area contributed by atoms with Gasteiger partial charge in [0, 0.05) is 6.54 Å². The van der Waals surface area contributed by atoms with Gasteiger partial charge in [-0.1, -0.05) is 0 Å². The molecule has 0 aromatic rings. The molecule has 0 radical (unpaired) electrons. The molecule has 2 bridgehead atoms. The normalized spacial score (nSPS) is 47.1. The average molecular weight is 141 g/mol. The summed E-state index contributed by atoms with van der Waals surface area (Å²) in [5.41, 5.74) is 0. The van der Waals surface area contributed by atoms with Crippen molar-refractivity contribution in [2.24, 2.45) is 5.92 Å². The molecule has 2 saturated heterocycles. The topological polar surface area (TPSA) is 23.5 Å². The van der Waals surface area contributed by atoms with Crippen molar-refractivity contribution in [2.75, 3.05) is 19.6 Å². The minimum atomic E-state index is 0.00694. The van der Waals surface area contributed by atoms with Crippen LogP contribution in [0.15, 0.2) is 0 Å². The first-order chi connectivity index (χ1) is 4.86. The number of nitrogens with zero attached hydrogens (tertiary/aromatic N) is 1. The van der Waals surface area contributed by atoms with Gasteiger partial charge in [0.05, 0.1) is 6.10 Å². The molecule has 0 amide bonds. The van der Waals surface area contributed by atoms with Gasteiger partial charge in [0.15, 0.2) is 0 Å². The van der Waals surface area contributed by atoms with Crippen LogP contribution in [-0.2, 0) is 0 Å². The molecule has 58 valence electrons. The highest BCUT2D eigenvalue weighted by Gasteiger charge is 2.30. The summed E-state index contributed by atoms with van der Waals surface area (Å²) in [7, 11) is 0. The maximum absolute atomic E-state index is 9.55. The van der Waals surface area contributed by atoms with E-state index in [0.29, 0.717) is 5.92 Å². The molecule has 0 aliphatic carbocycles. The van der Waals surface area contributed by atoms with Gasteiger partial charge in [-0.3, -0.25) is 0 Å². The second-order valence-corrected chi connectivity index (χ2v) is 3.56. The lowest BCUT2D eigenvalue weighted by atomic mass is 9.98. The Hall–Kier alpha value is -0.0800. The maximum Gasteiger partial charge on any atom is 0.0581 e. The van der Waals surface area contributed by atoms with Crippen molar-refractivity contribution in [3.05, 3.63) is 0 Å². The summed E-state index contributed by atoms with van der Waals surface area (Å²) < 4.78 is 0. The van der Waals surface area contributed by atoms with Crippen molar-refractivity contribution in [3.63, 3.8) is 0 Å². The highest BCUT2D eigenvalue weighted by Crippen LogP contribution is 2.25. The fourth-order valence-corrected chi connectivity index (χ4v) is 2.14. The monoisotopic (exact) mass is 141 g/mol. The zero-order valence-electron chi connectivity index (χ0n) is 6.29. The first-order valence-electron chi connectivity index (χ1n) is 4.26. The van der Waals surface area contributed by atoms with E-state index in [-0.39, 0.29) is 6.10 Å². The van der Waals surface area contributed by atoms with Gasteiger partial charge >= 0.3 is 0 Å². The Balaban J connectivity index is 2.03. The largest absolute Gasteiger partial charge is 0.393 e. The zero-order chi connectivity index (χ0) is 6.97. The van der Waals surface area contributed by atoms with E-state index >= 15 is 0 Å². The highest BCUT2D eigenvalue weighted by atomic mass is 16.3. The Bertz CT molecular complexity index is 126. The second-order valence-electron chi connectivity index (χ2n) is 3.56. The number of aliphatic hydroxyl groups excluding tert-OH is 1. The molecule has 2 fully saturated rings. The lowest BCUT2D eigenvalue weighted by Crippen LogP contribution is -2.20. The molecule has 0 saturated carbocycles. The number of hydrogen-bond donors (Lipinski definition) is 1. The SMILES string of the molecule is OC1CCCN2CCC1C2. The first kappa shape index (κ1) is 6.62. The molecular formula is C8H15NO. The van der Waals surface area contributed by atoms with Gasteiger partial charge in [0.1, 0.15) is 0 Å². The predicted octanol–water partition coefficient (Wildman–Crippen LogP) is 0.463. The summed E-state index contributed by atoms with van der Waals surface area (Å²) in [5.74, 6) is 0.600. The highest BCUT2D eigenvalue weighted by molar-refractivity contribution is 4.83. The lowest BCUT2D eigenvalue weighted by molar-refractivity contribution is 0.111. The number of aliphatic hydroxyl groups is 1. The van der Waals surface area contributed by atoms with Gasteiger partial charge in [-0.25, -0.2) is 0 Å². The van der Waals surface area contributed by atoms with E-state index in [1.807, 2.05) is 0 Å². The molecule has 10 heavy (non-hydrogen) atoms. The van der Waals surface area contributed by atoms with Crippen LogP contribution in [0.3, 0.4) is 0 Å². The van der Waals surface area contributed by atoms with Crippen LogP contribution in [0.4, 0.5) is 0 Å². The molecule has 1 N–H and O–H groups in total. The van der Waals surface area contributed by atoms with Crippen molar-refractivity contribution in [1.82, 2.24) is 4.90 Å². The summed E-state index contributed by atoms with van der Waals surface area (Å²) in [5, 5.41) is 9.55. The summed E-state index contributed by atoms with van der Waals surface area (Å²) in [6, 6.07) is 0. The quantitative estimate of drug-likeness (QED) is 0.530. The maximum atomic E-state index is 9.55. The molecule has 0 aromatic heterocycles. The Morgan fingerprint density at radius 1 is 1.20 bits per heavy atom. The third-order valence-corrected chi connectivity index (χ3v) is 2.83. The van der Waals surface area contributed by atoms with Gasteiger partial charge in [0.25, 0.3) is 0 Å². The van der Waals surface area contributed by atoms with Crippen LogP contribution in [0.25, 0.3) is 0 Å². The number of fused-ring (bicyclic) bond motifs is 2. The predicted molar refractivity (Wildman–Crippen MR) is 39.8 cm³/mol. The minimum absolute atomic E-state index is 0.00694. The zero-order valence-corrected chi connectivity index (χ0v) is 6.29. The van der Waals surface area contributed by atoms with Crippen LogP contribution in [0.2, 0.25) is 0 Å². The molecule has 2 rings (SSSR count). The molecule has 3 unspecified atom stereocenters. The van der Waals surface area contributed by atoms with Crippen molar-refractivity contribution < 1.29 is 5.11 Å². The molecule has 2 heteroatoms. The fraction of sp³-hybridized carbons (Fsp3) is 1.00. The van der Waals surface area contributed by atoms with E-state index < -0.39 is 0 Å². The Morgan fingerprint density at radius 3 is 3.00 bits per heavy atom. The van der Waals surface area contributed by atoms with Gasteiger partial charge < -0.3 is 10.0 Å². The van der Waals surface area contributed by atoms with E-state index in [0.717, 1.165) is 13.0 Å². The van der Waals surface area contributed by atoms with E-state index in [2.05, 4.69) is 4.90 Å². The minimum Gasteiger partial charge on any atom is -0.393 e. The van der Waals surface area contributed by atoms with Gasteiger partial charge in [-0.2, -0.15) is 0 Å². The van der Waals surface area contributed by atoms with E-state index in [9.17, 15) is 5.11 Å². The second kappa shape index (κ2) is 2.51. The van der Waals surface area contributed by atoms with Crippen LogP contribution in [-0.4, -0.2) is 35.7 Å². The third kappa shape index (κ3) is 1.06. The van der Waals surface area contributed by atoms with Crippen LogP contribution in [0.1, 0.15) is 19.3 Å². The van der Waals surface area contributed by atoms with Crippen LogP contribution in [0, 0.1) is 5.92 Å². The van der Waals surface area contributed by atoms with Gasteiger partial charge in [-0.15, -0.1) is 0 Å². The molecule has 2 heterocycles. The van der Waals surface area contributed by atoms with E-state index in [4.69, 9.17) is 0 Å². The van der Waals surface area contributed by atoms with Crippen LogP contribution >= 0.6 is 0 Å².